The molecule has 23 heavy (non-hydrogen) atoms. The normalized spacial score (nSPS) is 38.7. The minimum absolute atomic E-state index is 0.169. The highest BCUT2D eigenvalue weighted by atomic mass is 16.6. The van der Waals surface area contributed by atoms with Gasteiger partial charge in [-0.15, -0.1) is 0 Å². The number of hydrogen-bond acceptors (Lipinski definition) is 4. The molecule has 0 bridgehead atoms. The molecular formula is C18H32N2O3. The number of rotatable bonds is 3. The molecule has 2 N–H and O–H groups in total. The van der Waals surface area contributed by atoms with Gasteiger partial charge in [-0.1, -0.05) is 13.8 Å². The molecule has 1 heterocycles. The van der Waals surface area contributed by atoms with Crippen molar-refractivity contribution in [2.45, 2.75) is 90.1 Å². The standard InChI is InChI=1S/C18H32N2O3/c1-17(2,3)23-16(21)20-13-8-6-7-12(13)19-14-11-9-10-22-15(11)18(14,4)5/h11-15,19H,6-10H2,1-5H3,(H,20,21). The molecule has 5 unspecified atom stereocenters. The fourth-order valence-corrected chi connectivity index (χ4v) is 4.68. The topological polar surface area (TPSA) is 59.6 Å². The Morgan fingerprint density at radius 3 is 2.57 bits per heavy atom. The zero-order valence-corrected chi connectivity index (χ0v) is 15.1. The lowest BCUT2D eigenvalue weighted by Crippen LogP contribution is -2.68. The smallest absolute Gasteiger partial charge is 0.407 e. The molecule has 5 heteroatoms. The first-order chi connectivity index (χ1) is 10.7. The zero-order chi connectivity index (χ0) is 16.8. The van der Waals surface area contributed by atoms with Crippen LogP contribution in [0.25, 0.3) is 0 Å². The van der Waals surface area contributed by atoms with Gasteiger partial charge in [-0.25, -0.2) is 4.79 Å². The van der Waals surface area contributed by atoms with E-state index >= 15 is 0 Å². The van der Waals surface area contributed by atoms with E-state index in [2.05, 4.69) is 24.5 Å². The van der Waals surface area contributed by atoms with Crippen LogP contribution in [-0.4, -0.2) is 42.5 Å². The molecular weight excluding hydrogens is 292 g/mol. The van der Waals surface area contributed by atoms with Crippen molar-refractivity contribution in [2.75, 3.05) is 6.61 Å². The molecule has 3 fully saturated rings. The number of nitrogens with one attached hydrogen (secondary N) is 2. The van der Waals surface area contributed by atoms with E-state index in [9.17, 15) is 4.79 Å². The van der Waals surface area contributed by atoms with Crippen molar-refractivity contribution >= 4 is 6.09 Å². The zero-order valence-electron chi connectivity index (χ0n) is 15.1. The van der Waals surface area contributed by atoms with Crippen molar-refractivity contribution in [2.24, 2.45) is 11.3 Å². The van der Waals surface area contributed by atoms with Gasteiger partial charge < -0.3 is 20.1 Å². The molecule has 0 aromatic rings. The molecule has 5 nitrogen and oxygen atoms in total. The summed E-state index contributed by atoms with van der Waals surface area (Å²) in [5, 5.41) is 6.92. The minimum atomic E-state index is -0.448. The van der Waals surface area contributed by atoms with Gasteiger partial charge in [0.15, 0.2) is 0 Å². The molecule has 5 atom stereocenters. The van der Waals surface area contributed by atoms with Crippen LogP contribution in [0.5, 0.6) is 0 Å². The molecule has 3 rings (SSSR count). The van der Waals surface area contributed by atoms with E-state index in [0.29, 0.717) is 24.1 Å². The van der Waals surface area contributed by atoms with Gasteiger partial charge in [0.05, 0.1) is 6.10 Å². The quantitative estimate of drug-likeness (QED) is 0.838. The lowest BCUT2D eigenvalue weighted by Gasteiger charge is -2.56. The molecule has 0 radical (unpaired) electrons. The molecule has 0 spiro atoms. The van der Waals surface area contributed by atoms with Crippen molar-refractivity contribution < 1.29 is 14.3 Å². The lowest BCUT2D eigenvalue weighted by atomic mass is 9.57. The summed E-state index contributed by atoms with van der Waals surface area (Å²) < 4.78 is 11.3. The Hall–Kier alpha value is -0.810. The predicted molar refractivity (Wildman–Crippen MR) is 89.3 cm³/mol. The van der Waals surface area contributed by atoms with E-state index < -0.39 is 5.60 Å². The number of alkyl carbamates (subject to hydrolysis) is 1. The highest BCUT2D eigenvalue weighted by molar-refractivity contribution is 5.68. The molecule has 0 aromatic carbocycles. The number of carbonyl (C=O) groups excluding carboxylic acids is 1. The average Bonchev–Trinajstić information content (AvgIpc) is 3.01. The SMILES string of the molecule is CC(C)(C)OC(=O)NC1CCCC1NC1C2CCOC2C1(C)C. The molecule has 1 saturated heterocycles. The maximum Gasteiger partial charge on any atom is 0.407 e. The van der Waals surface area contributed by atoms with Crippen LogP contribution in [-0.2, 0) is 9.47 Å². The maximum atomic E-state index is 12.1. The third-order valence-electron chi connectivity index (χ3n) is 5.71. The summed E-state index contributed by atoms with van der Waals surface area (Å²) in [6.45, 7) is 11.2. The molecule has 2 saturated carbocycles. The summed E-state index contributed by atoms with van der Waals surface area (Å²) in [6, 6.07) is 0.997. The van der Waals surface area contributed by atoms with Crippen molar-refractivity contribution in [3.8, 4) is 0 Å². The Labute approximate surface area is 139 Å². The van der Waals surface area contributed by atoms with E-state index in [-0.39, 0.29) is 17.6 Å². The van der Waals surface area contributed by atoms with E-state index in [4.69, 9.17) is 9.47 Å². The van der Waals surface area contributed by atoms with Crippen LogP contribution in [0, 0.1) is 11.3 Å². The fraction of sp³-hybridized carbons (Fsp3) is 0.944. The largest absolute Gasteiger partial charge is 0.444 e. The second kappa shape index (κ2) is 5.92. The van der Waals surface area contributed by atoms with Gasteiger partial charge in [0.2, 0.25) is 0 Å². The molecule has 132 valence electrons. The monoisotopic (exact) mass is 324 g/mol. The van der Waals surface area contributed by atoms with Gasteiger partial charge in [-0.2, -0.15) is 0 Å². The van der Waals surface area contributed by atoms with E-state index in [0.717, 1.165) is 32.3 Å². The molecule has 2 aliphatic carbocycles. The summed E-state index contributed by atoms with van der Waals surface area (Å²) in [5.74, 6) is 0.632. The van der Waals surface area contributed by atoms with Crippen LogP contribution in [0.2, 0.25) is 0 Å². The summed E-state index contributed by atoms with van der Waals surface area (Å²) in [5.41, 5.74) is -0.268. The van der Waals surface area contributed by atoms with Gasteiger partial charge in [0, 0.05) is 36.1 Å². The Kier molecular flexibility index (Phi) is 4.38. The molecule has 1 aliphatic heterocycles. The molecule has 1 amide bonds. The maximum absolute atomic E-state index is 12.1. The summed E-state index contributed by atoms with van der Waals surface area (Å²) in [7, 11) is 0. The fourth-order valence-electron chi connectivity index (χ4n) is 4.68. The number of fused-ring (bicyclic) bond motifs is 1. The van der Waals surface area contributed by atoms with Crippen molar-refractivity contribution in [1.29, 1.82) is 0 Å². The van der Waals surface area contributed by atoms with Gasteiger partial charge >= 0.3 is 6.09 Å². The van der Waals surface area contributed by atoms with Gasteiger partial charge in [0.1, 0.15) is 5.60 Å². The van der Waals surface area contributed by atoms with Crippen LogP contribution in [0.4, 0.5) is 4.79 Å². The van der Waals surface area contributed by atoms with Crippen molar-refractivity contribution in [3.63, 3.8) is 0 Å². The minimum Gasteiger partial charge on any atom is -0.444 e. The van der Waals surface area contributed by atoms with Crippen molar-refractivity contribution in [1.82, 2.24) is 10.6 Å². The average molecular weight is 324 g/mol. The first-order valence-electron chi connectivity index (χ1n) is 9.05. The van der Waals surface area contributed by atoms with Crippen molar-refractivity contribution in [3.05, 3.63) is 0 Å². The number of ether oxygens (including phenoxy) is 2. The second-order valence-electron chi connectivity index (χ2n) is 9.00. The van der Waals surface area contributed by atoms with Crippen LogP contribution in [0.1, 0.15) is 60.3 Å². The molecule has 0 aromatic heterocycles. The first-order valence-corrected chi connectivity index (χ1v) is 9.05. The van der Waals surface area contributed by atoms with E-state index in [1.165, 1.54) is 0 Å². The summed E-state index contributed by atoms with van der Waals surface area (Å²) in [6.07, 6.45) is 4.54. The van der Waals surface area contributed by atoms with E-state index in [1.54, 1.807) is 0 Å². The van der Waals surface area contributed by atoms with E-state index in [1.807, 2.05) is 20.8 Å². The van der Waals surface area contributed by atoms with Crippen LogP contribution >= 0.6 is 0 Å². The Balaban J connectivity index is 1.56. The predicted octanol–water partition coefficient (Wildman–Crippen LogP) is 2.84. The first kappa shape index (κ1) is 17.0. The second-order valence-corrected chi connectivity index (χ2v) is 9.00. The van der Waals surface area contributed by atoms with Gasteiger partial charge in [-0.05, 0) is 46.5 Å². The Morgan fingerprint density at radius 2 is 1.87 bits per heavy atom. The number of amides is 1. The van der Waals surface area contributed by atoms with Crippen LogP contribution < -0.4 is 10.6 Å². The third kappa shape index (κ3) is 3.36. The summed E-state index contributed by atoms with van der Waals surface area (Å²) >= 11 is 0. The highest BCUT2D eigenvalue weighted by Crippen LogP contribution is 2.52. The summed E-state index contributed by atoms with van der Waals surface area (Å²) in [4.78, 5) is 12.1. The Bertz CT molecular complexity index is 458. The lowest BCUT2D eigenvalue weighted by molar-refractivity contribution is -0.115. The third-order valence-corrected chi connectivity index (χ3v) is 5.71. The Morgan fingerprint density at radius 1 is 1.17 bits per heavy atom. The van der Waals surface area contributed by atoms with Crippen LogP contribution in [0.15, 0.2) is 0 Å². The highest BCUT2D eigenvalue weighted by Gasteiger charge is 2.59. The van der Waals surface area contributed by atoms with Gasteiger partial charge in [-0.3, -0.25) is 0 Å². The van der Waals surface area contributed by atoms with Crippen LogP contribution in [0.3, 0.4) is 0 Å². The van der Waals surface area contributed by atoms with Gasteiger partial charge in [0.25, 0.3) is 0 Å². The molecule has 3 aliphatic rings. The number of hydrogen-bond donors (Lipinski definition) is 2. The number of carbonyl (C=O) groups is 1.